The standard InChI is InChI=1S/C20H24N2O2S/c1-16-5-2-3-8-19(16)24-15-20(23)21-18-7-4-6-17(13-18)14-22-9-11-25-12-10-22/h2-8,13H,9-12,14-15H2,1H3,(H,21,23). The van der Waals surface area contributed by atoms with Crippen LogP contribution in [0.2, 0.25) is 0 Å². The van der Waals surface area contributed by atoms with E-state index in [1.165, 1.54) is 17.1 Å². The van der Waals surface area contributed by atoms with Crippen LogP contribution >= 0.6 is 11.8 Å². The maximum Gasteiger partial charge on any atom is 0.262 e. The van der Waals surface area contributed by atoms with Crippen LogP contribution in [0, 0.1) is 6.92 Å². The lowest BCUT2D eigenvalue weighted by Crippen LogP contribution is -2.32. The van der Waals surface area contributed by atoms with Gasteiger partial charge < -0.3 is 10.1 Å². The molecule has 2 aromatic rings. The summed E-state index contributed by atoms with van der Waals surface area (Å²) < 4.78 is 5.60. The number of aryl methyl sites for hydroxylation is 1. The average Bonchev–Trinajstić information content (AvgIpc) is 2.62. The van der Waals surface area contributed by atoms with E-state index in [9.17, 15) is 4.79 Å². The highest BCUT2D eigenvalue weighted by Gasteiger charge is 2.11. The molecule has 1 aliphatic heterocycles. The zero-order valence-electron chi connectivity index (χ0n) is 14.5. The van der Waals surface area contributed by atoms with Crippen LogP contribution in [0.25, 0.3) is 0 Å². The monoisotopic (exact) mass is 356 g/mol. The van der Waals surface area contributed by atoms with Crippen LogP contribution in [-0.4, -0.2) is 42.0 Å². The highest BCUT2D eigenvalue weighted by Crippen LogP contribution is 2.17. The summed E-state index contributed by atoms with van der Waals surface area (Å²) in [5.74, 6) is 3.00. The Morgan fingerprint density at radius 2 is 1.96 bits per heavy atom. The molecule has 132 valence electrons. The number of anilines is 1. The summed E-state index contributed by atoms with van der Waals surface area (Å²) in [6.07, 6.45) is 0. The van der Waals surface area contributed by atoms with Crippen molar-refractivity contribution in [1.82, 2.24) is 4.90 Å². The SMILES string of the molecule is Cc1ccccc1OCC(=O)Nc1cccc(CN2CCSCC2)c1. The normalized spacial score (nSPS) is 14.9. The Labute approximate surface area is 153 Å². The molecular weight excluding hydrogens is 332 g/mol. The van der Waals surface area contributed by atoms with Gasteiger partial charge in [-0.15, -0.1) is 0 Å². The zero-order valence-corrected chi connectivity index (χ0v) is 15.3. The summed E-state index contributed by atoms with van der Waals surface area (Å²) >= 11 is 2.01. The average molecular weight is 356 g/mol. The van der Waals surface area contributed by atoms with Crippen LogP contribution in [0.3, 0.4) is 0 Å². The van der Waals surface area contributed by atoms with E-state index in [-0.39, 0.29) is 12.5 Å². The quantitative estimate of drug-likeness (QED) is 0.859. The van der Waals surface area contributed by atoms with Gasteiger partial charge in [-0.05, 0) is 36.2 Å². The number of benzene rings is 2. The predicted molar refractivity (Wildman–Crippen MR) is 104 cm³/mol. The van der Waals surface area contributed by atoms with Gasteiger partial charge in [0.1, 0.15) is 5.75 Å². The number of carbonyl (C=O) groups is 1. The van der Waals surface area contributed by atoms with Crippen LogP contribution in [0.4, 0.5) is 5.69 Å². The highest BCUT2D eigenvalue weighted by atomic mass is 32.2. The lowest BCUT2D eigenvalue weighted by Gasteiger charge is -2.26. The molecule has 1 amide bonds. The number of amides is 1. The molecule has 1 heterocycles. The van der Waals surface area contributed by atoms with Crippen molar-refractivity contribution < 1.29 is 9.53 Å². The molecule has 0 unspecified atom stereocenters. The first kappa shape index (κ1) is 17.8. The second-order valence-corrected chi connectivity index (χ2v) is 7.42. The number of hydrogen-bond acceptors (Lipinski definition) is 4. The minimum Gasteiger partial charge on any atom is -0.483 e. The van der Waals surface area contributed by atoms with Crippen LogP contribution in [0.15, 0.2) is 48.5 Å². The van der Waals surface area contributed by atoms with Crippen LogP contribution in [-0.2, 0) is 11.3 Å². The first-order valence-corrected chi connectivity index (χ1v) is 9.73. The molecule has 4 nitrogen and oxygen atoms in total. The van der Waals surface area contributed by atoms with Gasteiger partial charge in [-0.1, -0.05) is 30.3 Å². The summed E-state index contributed by atoms with van der Waals surface area (Å²) in [6.45, 7) is 5.18. The minimum absolute atomic E-state index is 0.0123. The predicted octanol–water partition coefficient (Wildman–Crippen LogP) is 3.56. The van der Waals surface area contributed by atoms with Gasteiger partial charge >= 0.3 is 0 Å². The first-order chi connectivity index (χ1) is 12.2. The Morgan fingerprint density at radius 1 is 1.16 bits per heavy atom. The number of nitrogens with zero attached hydrogens (tertiary/aromatic N) is 1. The Kier molecular flexibility index (Phi) is 6.36. The van der Waals surface area contributed by atoms with Crippen LogP contribution in [0.1, 0.15) is 11.1 Å². The number of thioether (sulfide) groups is 1. The van der Waals surface area contributed by atoms with Gasteiger partial charge in [-0.25, -0.2) is 0 Å². The van der Waals surface area contributed by atoms with Crippen molar-refractivity contribution in [1.29, 1.82) is 0 Å². The topological polar surface area (TPSA) is 41.6 Å². The van der Waals surface area contributed by atoms with E-state index in [2.05, 4.69) is 16.3 Å². The third-order valence-corrected chi connectivity index (χ3v) is 5.12. The molecule has 2 aromatic carbocycles. The number of ether oxygens (including phenoxy) is 1. The lowest BCUT2D eigenvalue weighted by atomic mass is 10.2. The van der Waals surface area contributed by atoms with E-state index in [0.717, 1.165) is 36.6 Å². The van der Waals surface area contributed by atoms with E-state index in [1.54, 1.807) is 0 Å². The smallest absolute Gasteiger partial charge is 0.262 e. The molecule has 0 atom stereocenters. The van der Waals surface area contributed by atoms with Gasteiger partial charge in [0.25, 0.3) is 5.91 Å². The molecule has 0 aliphatic carbocycles. The summed E-state index contributed by atoms with van der Waals surface area (Å²) in [5.41, 5.74) is 3.07. The number of nitrogens with one attached hydrogen (secondary N) is 1. The lowest BCUT2D eigenvalue weighted by molar-refractivity contribution is -0.118. The fourth-order valence-electron chi connectivity index (χ4n) is 2.82. The molecule has 0 radical (unpaired) electrons. The highest BCUT2D eigenvalue weighted by molar-refractivity contribution is 7.99. The van der Waals surface area contributed by atoms with E-state index >= 15 is 0 Å². The summed E-state index contributed by atoms with van der Waals surface area (Å²) in [5, 5.41) is 2.92. The summed E-state index contributed by atoms with van der Waals surface area (Å²) in [4.78, 5) is 14.6. The van der Waals surface area contributed by atoms with Crippen molar-refractivity contribution in [2.45, 2.75) is 13.5 Å². The van der Waals surface area contributed by atoms with Crippen molar-refractivity contribution in [2.24, 2.45) is 0 Å². The molecule has 0 bridgehead atoms. The molecule has 3 rings (SSSR count). The summed E-state index contributed by atoms with van der Waals surface area (Å²) in [6, 6.07) is 15.8. The molecule has 1 fully saturated rings. The van der Waals surface area contributed by atoms with Gasteiger partial charge in [-0.3, -0.25) is 9.69 Å². The summed E-state index contributed by atoms with van der Waals surface area (Å²) in [7, 11) is 0. The zero-order chi connectivity index (χ0) is 17.5. The van der Waals surface area contributed by atoms with Crippen LogP contribution < -0.4 is 10.1 Å². The Morgan fingerprint density at radius 3 is 2.76 bits per heavy atom. The Balaban J connectivity index is 1.52. The molecular formula is C20H24N2O2S. The molecule has 1 N–H and O–H groups in total. The number of rotatable bonds is 6. The Hall–Kier alpha value is -1.98. The molecule has 0 aromatic heterocycles. The molecule has 1 aliphatic rings. The largest absolute Gasteiger partial charge is 0.483 e. The second kappa shape index (κ2) is 8.92. The van der Waals surface area contributed by atoms with Gasteiger partial charge in [0.15, 0.2) is 6.61 Å². The van der Waals surface area contributed by atoms with Crippen LogP contribution in [0.5, 0.6) is 5.75 Å². The first-order valence-electron chi connectivity index (χ1n) is 8.58. The van der Waals surface area contributed by atoms with Crippen molar-refractivity contribution in [3.63, 3.8) is 0 Å². The minimum atomic E-state index is -0.144. The second-order valence-electron chi connectivity index (χ2n) is 6.19. The van der Waals surface area contributed by atoms with Gasteiger partial charge in [0.05, 0.1) is 0 Å². The van der Waals surface area contributed by atoms with E-state index in [0.29, 0.717) is 0 Å². The van der Waals surface area contributed by atoms with E-state index in [4.69, 9.17) is 4.74 Å². The number of hydrogen-bond donors (Lipinski definition) is 1. The number of para-hydroxylation sites is 1. The fourth-order valence-corrected chi connectivity index (χ4v) is 3.80. The maximum atomic E-state index is 12.1. The van der Waals surface area contributed by atoms with Crippen molar-refractivity contribution in [3.8, 4) is 5.75 Å². The van der Waals surface area contributed by atoms with Crippen molar-refractivity contribution in [2.75, 3.05) is 36.5 Å². The van der Waals surface area contributed by atoms with Crippen molar-refractivity contribution >= 4 is 23.4 Å². The number of carbonyl (C=O) groups excluding carboxylic acids is 1. The van der Waals surface area contributed by atoms with Crippen molar-refractivity contribution in [3.05, 3.63) is 59.7 Å². The molecule has 25 heavy (non-hydrogen) atoms. The third kappa shape index (κ3) is 5.51. The van der Waals surface area contributed by atoms with Gasteiger partial charge in [-0.2, -0.15) is 11.8 Å². The fraction of sp³-hybridized carbons (Fsp3) is 0.350. The van der Waals surface area contributed by atoms with Gasteiger partial charge in [0.2, 0.25) is 0 Å². The molecule has 5 heteroatoms. The molecule has 0 saturated carbocycles. The van der Waals surface area contributed by atoms with E-state index < -0.39 is 0 Å². The molecule has 1 saturated heterocycles. The van der Waals surface area contributed by atoms with E-state index in [1.807, 2.05) is 61.2 Å². The Bertz CT molecular complexity index is 714. The maximum absolute atomic E-state index is 12.1. The molecule has 0 spiro atoms. The van der Waals surface area contributed by atoms with Gasteiger partial charge in [0, 0.05) is 36.8 Å². The third-order valence-electron chi connectivity index (χ3n) is 4.17.